The Labute approximate surface area is 154 Å². The summed E-state index contributed by atoms with van der Waals surface area (Å²) in [6, 6.07) is 9.69. The van der Waals surface area contributed by atoms with E-state index in [1.807, 2.05) is 0 Å². The van der Waals surface area contributed by atoms with Crippen molar-refractivity contribution in [2.75, 3.05) is 0 Å². The first-order valence-electron chi connectivity index (χ1n) is 7.34. The molecular weight excluding hydrogens is 376 g/mol. The predicted octanol–water partition coefficient (Wildman–Crippen LogP) is 3.19. The Morgan fingerprint density at radius 1 is 1.15 bits per heavy atom. The SMILES string of the molecule is O=C(N/N=C/c1cccc([N+](=O)[O-])c1O)c1cc2cc([N+](=O)[O-])ccc2s1. The molecule has 0 aliphatic rings. The number of nitro benzene ring substituents is 2. The zero-order valence-corrected chi connectivity index (χ0v) is 14.2. The quantitative estimate of drug-likeness (QED) is 0.391. The van der Waals surface area contributed by atoms with Gasteiger partial charge in [0, 0.05) is 33.8 Å². The van der Waals surface area contributed by atoms with E-state index in [1.165, 1.54) is 30.3 Å². The molecule has 0 spiro atoms. The summed E-state index contributed by atoms with van der Waals surface area (Å²) in [5.74, 6) is -1.12. The molecular formula is C16H10N4O6S. The Hall–Kier alpha value is -3.86. The van der Waals surface area contributed by atoms with Crippen molar-refractivity contribution in [1.82, 2.24) is 5.43 Å². The van der Waals surface area contributed by atoms with E-state index < -0.39 is 27.2 Å². The molecule has 0 bridgehead atoms. The summed E-state index contributed by atoms with van der Waals surface area (Å²) in [7, 11) is 0. The van der Waals surface area contributed by atoms with E-state index in [-0.39, 0.29) is 16.1 Å². The molecule has 136 valence electrons. The first-order chi connectivity index (χ1) is 12.9. The molecule has 1 aromatic heterocycles. The summed E-state index contributed by atoms with van der Waals surface area (Å²) < 4.78 is 0.700. The summed E-state index contributed by atoms with van der Waals surface area (Å²) >= 11 is 1.13. The van der Waals surface area contributed by atoms with Gasteiger partial charge in [-0.25, -0.2) is 5.43 Å². The summed E-state index contributed by atoms with van der Waals surface area (Å²) in [5.41, 5.74) is 1.76. The molecule has 0 saturated carbocycles. The van der Waals surface area contributed by atoms with Gasteiger partial charge in [-0.05, 0) is 18.2 Å². The van der Waals surface area contributed by atoms with Crippen LogP contribution in [0.1, 0.15) is 15.2 Å². The molecule has 2 N–H and O–H groups in total. The highest BCUT2D eigenvalue weighted by molar-refractivity contribution is 7.20. The number of fused-ring (bicyclic) bond motifs is 1. The topological polar surface area (TPSA) is 148 Å². The number of phenols is 1. The number of para-hydroxylation sites is 1. The number of phenolic OH excluding ortho intramolecular Hbond substituents is 1. The van der Waals surface area contributed by atoms with Crippen molar-refractivity contribution in [1.29, 1.82) is 0 Å². The number of hydrogen-bond donors (Lipinski definition) is 2. The van der Waals surface area contributed by atoms with Gasteiger partial charge in [-0.3, -0.25) is 25.0 Å². The summed E-state index contributed by atoms with van der Waals surface area (Å²) in [6.07, 6.45) is 1.08. The van der Waals surface area contributed by atoms with E-state index in [9.17, 15) is 30.1 Å². The van der Waals surface area contributed by atoms with Gasteiger partial charge in [0.2, 0.25) is 5.75 Å². The average Bonchev–Trinajstić information content (AvgIpc) is 3.06. The normalized spacial score (nSPS) is 11.0. The van der Waals surface area contributed by atoms with Gasteiger partial charge in [-0.2, -0.15) is 5.10 Å². The lowest BCUT2D eigenvalue weighted by atomic mass is 10.2. The Bertz CT molecular complexity index is 1110. The Balaban J connectivity index is 1.77. The predicted molar refractivity (Wildman–Crippen MR) is 98.3 cm³/mol. The number of aromatic hydroxyl groups is 1. The number of thiophene rings is 1. The fraction of sp³-hybridized carbons (Fsp3) is 0. The summed E-state index contributed by atoms with van der Waals surface area (Å²) in [6.45, 7) is 0. The largest absolute Gasteiger partial charge is 0.502 e. The van der Waals surface area contributed by atoms with Crippen LogP contribution in [0.15, 0.2) is 47.6 Å². The van der Waals surface area contributed by atoms with E-state index in [0.29, 0.717) is 10.1 Å². The zero-order valence-electron chi connectivity index (χ0n) is 13.4. The average molecular weight is 386 g/mol. The molecule has 11 heteroatoms. The van der Waals surface area contributed by atoms with Crippen LogP contribution in [0.3, 0.4) is 0 Å². The standard InChI is InChI=1S/C16H10N4O6S/c21-15-9(2-1-3-12(15)20(25)26)8-17-18-16(22)14-7-10-6-11(19(23)24)4-5-13(10)27-14/h1-8,21H,(H,18,22)/b17-8+. The monoisotopic (exact) mass is 386 g/mol. The van der Waals surface area contributed by atoms with E-state index in [4.69, 9.17) is 0 Å². The van der Waals surface area contributed by atoms with Crippen LogP contribution < -0.4 is 5.43 Å². The maximum atomic E-state index is 12.2. The van der Waals surface area contributed by atoms with Crippen LogP contribution in [0, 0.1) is 20.2 Å². The fourth-order valence-electron chi connectivity index (χ4n) is 2.27. The minimum absolute atomic E-state index is 0.0662. The van der Waals surface area contributed by atoms with Gasteiger partial charge in [0.05, 0.1) is 20.9 Å². The van der Waals surface area contributed by atoms with Gasteiger partial charge in [-0.15, -0.1) is 11.3 Å². The first-order valence-corrected chi connectivity index (χ1v) is 8.16. The minimum atomic E-state index is -0.734. The van der Waals surface area contributed by atoms with Crippen molar-refractivity contribution in [3.05, 3.63) is 73.1 Å². The van der Waals surface area contributed by atoms with Gasteiger partial charge in [0.1, 0.15) is 0 Å². The molecule has 27 heavy (non-hydrogen) atoms. The van der Waals surface area contributed by atoms with Gasteiger partial charge in [0.25, 0.3) is 11.6 Å². The number of hydrogen-bond acceptors (Lipinski definition) is 8. The van der Waals surface area contributed by atoms with Crippen LogP contribution in [-0.2, 0) is 0 Å². The Morgan fingerprint density at radius 3 is 2.63 bits per heavy atom. The molecule has 1 amide bonds. The lowest BCUT2D eigenvalue weighted by Gasteiger charge is -2.00. The summed E-state index contributed by atoms with van der Waals surface area (Å²) in [5, 5.41) is 35.6. The van der Waals surface area contributed by atoms with Crippen LogP contribution in [0.25, 0.3) is 10.1 Å². The number of nitrogens with one attached hydrogen (secondary N) is 1. The number of rotatable bonds is 5. The number of carbonyl (C=O) groups excluding carboxylic acids is 1. The van der Waals surface area contributed by atoms with Gasteiger partial charge < -0.3 is 5.11 Å². The first kappa shape index (κ1) is 17.9. The Kier molecular flexibility index (Phi) is 4.77. The van der Waals surface area contributed by atoms with E-state index >= 15 is 0 Å². The van der Waals surface area contributed by atoms with Gasteiger partial charge in [0.15, 0.2) is 0 Å². The zero-order chi connectivity index (χ0) is 19.6. The number of hydrazone groups is 1. The van der Waals surface area contributed by atoms with Crippen LogP contribution in [-0.4, -0.2) is 27.1 Å². The van der Waals surface area contributed by atoms with Crippen LogP contribution in [0.4, 0.5) is 11.4 Å². The van der Waals surface area contributed by atoms with Crippen LogP contribution in [0.5, 0.6) is 5.75 Å². The highest BCUT2D eigenvalue weighted by atomic mass is 32.1. The third kappa shape index (κ3) is 3.72. The third-order valence-electron chi connectivity index (χ3n) is 3.55. The molecule has 0 fully saturated rings. The summed E-state index contributed by atoms with van der Waals surface area (Å²) in [4.78, 5) is 32.8. The number of benzene rings is 2. The molecule has 3 rings (SSSR count). The molecule has 0 atom stereocenters. The number of non-ortho nitro benzene ring substituents is 1. The number of nitrogens with zero attached hydrogens (tertiary/aromatic N) is 3. The highest BCUT2D eigenvalue weighted by Crippen LogP contribution is 2.29. The lowest BCUT2D eigenvalue weighted by molar-refractivity contribution is -0.385. The molecule has 1 heterocycles. The molecule has 10 nitrogen and oxygen atoms in total. The van der Waals surface area contributed by atoms with E-state index in [2.05, 4.69) is 10.5 Å². The number of carbonyl (C=O) groups is 1. The molecule has 0 aliphatic carbocycles. The van der Waals surface area contributed by atoms with Crippen LogP contribution in [0.2, 0.25) is 0 Å². The van der Waals surface area contributed by atoms with Crippen LogP contribution >= 0.6 is 11.3 Å². The second-order valence-corrected chi connectivity index (χ2v) is 6.34. The van der Waals surface area contributed by atoms with Crippen molar-refractivity contribution in [3.63, 3.8) is 0 Å². The van der Waals surface area contributed by atoms with Crippen molar-refractivity contribution in [2.24, 2.45) is 5.10 Å². The third-order valence-corrected chi connectivity index (χ3v) is 4.66. The van der Waals surface area contributed by atoms with Crippen molar-refractivity contribution in [3.8, 4) is 5.75 Å². The second-order valence-electron chi connectivity index (χ2n) is 5.26. The van der Waals surface area contributed by atoms with Gasteiger partial charge in [-0.1, -0.05) is 6.07 Å². The maximum Gasteiger partial charge on any atom is 0.311 e. The fourth-order valence-corrected chi connectivity index (χ4v) is 3.20. The van der Waals surface area contributed by atoms with Gasteiger partial charge >= 0.3 is 5.69 Å². The molecule has 3 aromatic rings. The minimum Gasteiger partial charge on any atom is -0.502 e. The number of amides is 1. The molecule has 0 saturated heterocycles. The lowest BCUT2D eigenvalue weighted by Crippen LogP contribution is -2.16. The van der Waals surface area contributed by atoms with E-state index in [1.54, 1.807) is 6.07 Å². The van der Waals surface area contributed by atoms with Crippen molar-refractivity contribution < 1.29 is 19.7 Å². The van der Waals surface area contributed by atoms with E-state index in [0.717, 1.165) is 23.6 Å². The molecule has 2 aromatic carbocycles. The van der Waals surface area contributed by atoms with Crippen molar-refractivity contribution >= 4 is 44.9 Å². The molecule has 0 aliphatic heterocycles. The molecule has 0 radical (unpaired) electrons. The van der Waals surface area contributed by atoms with Crippen molar-refractivity contribution in [2.45, 2.75) is 0 Å². The Morgan fingerprint density at radius 2 is 1.93 bits per heavy atom. The highest BCUT2D eigenvalue weighted by Gasteiger charge is 2.16. The smallest absolute Gasteiger partial charge is 0.311 e. The molecule has 0 unspecified atom stereocenters. The second kappa shape index (κ2) is 7.17. The maximum absolute atomic E-state index is 12.2. The number of nitro groups is 2.